The van der Waals surface area contributed by atoms with E-state index in [0.29, 0.717) is 22.5 Å². The summed E-state index contributed by atoms with van der Waals surface area (Å²) in [5.74, 6) is -1.82. The molecule has 0 saturated heterocycles. The molecule has 0 amide bonds. The molecule has 2 aromatic rings. The van der Waals surface area contributed by atoms with Gasteiger partial charge in [-0.1, -0.05) is 26.0 Å². The summed E-state index contributed by atoms with van der Waals surface area (Å²) in [6.45, 7) is 5.50. The van der Waals surface area contributed by atoms with Crippen LogP contribution >= 0.6 is 0 Å². The number of carbonyl (C=O) groups excluding carboxylic acids is 2. The number of aliphatic hydroxyl groups excluding tert-OH is 1. The minimum Gasteiger partial charge on any atom is -0.466 e. The first-order chi connectivity index (χ1) is 16.3. The lowest BCUT2D eigenvalue weighted by Crippen LogP contribution is -2.27. The maximum Gasteiger partial charge on any atom is 0.313 e. The third-order valence-electron chi connectivity index (χ3n) is 4.98. The number of nitrogens with zero attached hydrogens (tertiary/aromatic N) is 3. The zero-order valence-corrected chi connectivity index (χ0v) is 21.2. The van der Waals surface area contributed by atoms with Gasteiger partial charge in [0.1, 0.15) is 18.0 Å². The van der Waals surface area contributed by atoms with Crippen LogP contribution in [0.3, 0.4) is 0 Å². The quantitative estimate of drug-likeness (QED) is 0.363. The molecule has 190 valence electrons. The second-order valence-corrected chi connectivity index (χ2v) is 10.2. The van der Waals surface area contributed by atoms with Crippen molar-refractivity contribution in [1.82, 2.24) is 9.97 Å². The summed E-state index contributed by atoms with van der Waals surface area (Å²) in [5, 5.41) is 10.4. The van der Waals surface area contributed by atoms with Crippen LogP contribution in [0.15, 0.2) is 30.3 Å². The van der Waals surface area contributed by atoms with E-state index in [9.17, 15) is 27.5 Å². The van der Waals surface area contributed by atoms with Crippen molar-refractivity contribution in [3.63, 3.8) is 0 Å². The van der Waals surface area contributed by atoms with Gasteiger partial charge in [0.05, 0.1) is 30.4 Å². The number of benzene rings is 1. The fourth-order valence-electron chi connectivity index (χ4n) is 3.15. The zero-order chi connectivity index (χ0) is 26.3. The Kier molecular flexibility index (Phi) is 9.61. The van der Waals surface area contributed by atoms with Crippen LogP contribution in [0, 0.1) is 5.82 Å². The van der Waals surface area contributed by atoms with Gasteiger partial charge in [0, 0.05) is 24.6 Å². The Morgan fingerprint density at radius 3 is 2.37 bits per heavy atom. The van der Waals surface area contributed by atoms with Crippen LogP contribution in [0.1, 0.15) is 50.8 Å². The molecule has 0 saturated carbocycles. The van der Waals surface area contributed by atoms with E-state index in [1.807, 2.05) is 13.8 Å². The summed E-state index contributed by atoms with van der Waals surface area (Å²) in [7, 11) is -2.32. The van der Waals surface area contributed by atoms with Gasteiger partial charge >= 0.3 is 5.97 Å². The number of hydrogen-bond acceptors (Lipinski definition) is 8. The summed E-state index contributed by atoms with van der Waals surface area (Å²) in [4.78, 5) is 32.4. The van der Waals surface area contributed by atoms with Gasteiger partial charge in [-0.05, 0) is 37.1 Å². The number of Topliss-reactive ketones (excluding diaryl/α,β-unsaturated/α-hetero) is 1. The normalized spacial score (nSPS) is 12.7. The standard InChI is InChI=1S/C24H30FN3O6S/c1-6-34-21(31)14-19(30)13-18(29)11-12-20-22(15(2)3)26-24(28(4)35(5,32)33)27-23(20)16-7-9-17(25)10-8-16/h7-12,15,18,29H,6,13-14H2,1-5H3/b12-11+/t18-/m1/s1. The Morgan fingerprint density at radius 1 is 1.20 bits per heavy atom. The van der Waals surface area contributed by atoms with Gasteiger partial charge in [-0.3, -0.25) is 9.59 Å². The molecule has 11 heteroatoms. The van der Waals surface area contributed by atoms with Crippen molar-refractivity contribution in [2.24, 2.45) is 0 Å². The van der Waals surface area contributed by atoms with Gasteiger partial charge in [-0.25, -0.2) is 27.1 Å². The monoisotopic (exact) mass is 507 g/mol. The van der Waals surface area contributed by atoms with Crippen LogP contribution < -0.4 is 4.31 Å². The topological polar surface area (TPSA) is 127 Å². The van der Waals surface area contributed by atoms with E-state index in [-0.39, 0.29) is 24.9 Å². The predicted octanol–water partition coefficient (Wildman–Crippen LogP) is 3.09. The maximum atomic E-state index is 13.6. The number of aliphatic hydroxyl groups is 1. The fraction of sp³-hybridized carbons (Fsp3) is 0.417. The first-order valence-electron chi connectivity index (χ1n) is 11.0. The molecule has 0 radical (unpaired) electrons. The molecule has 1 heterocycles. The summed E-state index contributed by atoms with van der Waals surface area (Å²) in [6.07, 6.45) is 2.01. The van der Waals surface area contributed by atoms with Gasteiger partial charge in [-0.2, -0.15) is 0 Å². The Bertz CT molecular complexity index is 1200. The number of anilines is 1. The molecule has 2 rings (SSSR count). The van der Waals surface area contributed by atoms with E-state index in [4.69, 9.17) is 4.74 Å². The van der Waals surface area contributed by atoms with Crippen molar-refractivity contribution in [1.29, 1.82) is 0 Å². The lowest BCUT2D eigenvalue weighted by molar-refractivity contribution is -0.145. The van der Waals surface area contributed by atoms with Crippen molar-refractivity contribution in [3.05, 3.63) is 47.4 Å². The Hall–Kier alpha value is -3.18. The van der Waals surface area contributed by atoms with E-state index in [1.54, 1.807) is 13.0 Å². The fourth-order valence-corrected chi connectivity index (χ4v) is 3.53. The molecule has 0 spiro atoms. The molecule has 1 aromatic carbocycles. The number of ketones is 1. The highest BCUT2D eigenvalue weighted by Crippen LogP contribution is 2.31. The second-order valence-electron chi connectivity index (χ2n) is 8.21. The Balaban J connectivity index is 2.52. The van der Waals surface area contributed by atoms with Crippen LogP contribution in [0.5, 0.6) is 0 Å². The number of ether oxygens (including phenoxy) is 1. The predicted molar refractivity (Wildman–Crippen MR) is 131 cm³/mol. The number of rotatable bonds is 11. The second kappa shape index (κ2) is 12.0. The van der Waals surface area contributed by atoms with Crippen molar-refractivity contribution < 1.29 is 32.2 Å². The van der Waals surface area contributed by atoms with Crippen molar-refractivity contribution >= 4 is 33.8 Å². The van der Waals surface area contributed by atoms with Gasteiger partial charge < -0.3 is 9.84 Å². The summed E-state index contributed by atoms with van der Waals surface area (Å²) >= 11 is 0. The minimum absolute atomic E-state index is 0.0576. The molecule has 1 atom stereocenters. The third kappa shape index (κ3) is 7.93. The van der Waals surface area contributed by atoms with Crippen LogP contribution in [0.2, 0.25) is 0 Å². The lowest BCUT2D eigenvalue weighted by Gasteiger charge is -2.20. The van der Waals surface area contributed by atoms with Crippen molar-refractivity contribution in [2.45, 2.75) is 45.6 Å². The molecule has 0 aliphatic heterocycles. The molecular formula is C24H30FN3O6S. The minimum atomic E-state index is -3.66. The first kappa shape index (κ1) is 28.1. The van der Waals surface area contributed by atoms with Crippen molar-refractivity contribution in [2.75, 3.05) is 24.2 Å². The zero-order valence-electron chi connectivity index (χ0n) is 20.4. The molecule has 9 nitrogen and oxygen atoms in total. The number of hydrogen-bond donors (Lipinski definition) is 1. The maximum absolute atomic E-state index is 13.6. The average molecular weight is 508 g/mol. The molecular weight excluding hydrogens is 477 g/mol. The van der Waals surface area contributed by atoms with Crippen LogP contribution in [-0.2, 0) is 24.3 Å². The Morgan fingerprint density at radius 2 is 1.83 bits per heavy atom. The Labute approximate surface area is 204 Å². The lowest BCUT2D eigenvalue weighted by atomic mass is 9.97. The number of carbonyl (C=O) groups is 2. The van der Waals surface area contributed by atoms with Gasteiger partial charge in [0.2, 0.25) is 16.0 Å². The molecule has 0 bridgehead atoms. The highest BCUT2D eigenvalue weighted by atomic mass is 32.2. The van der Waals surface area contributed by atoms with Crippen LogP contribution in [-0.4, -0.2) is 61.3 Å². The third-order valence-corrected chi connectivity index (χ3v) is 6.13. The van der Waals surface area contributed by atoms with Crippen molar-refractivity contribution in [3.8, 4) is 11.3 Å². The molecule has 0 unspecified atom stereocenters. The van der Waals surface area contributed by atoms with Gasteiger partial charge in [0.25, 0.3) is 0 Å². The van der Waals surface area contributed by atoms with E-state index in [0.717, 1.165) is 10.6 Å². The summed E-state index contributed by atoms with van der Waals surface area (Å²) in [5.41, 5.74) is 1.81. The smallest absolute Gasteiger partial charge is 0.313 e. The van der Waals surface area contributed by atoms with Crippen LogP contribution in [0.25, 0.3) is 17.3 Å². The van der Waals surface area contributed by atoms with E-state index < -0.39 is 40.1 Å². The molecule has 1 N–H and O–H groups in total. The number of sulfonamides is 1. The number of halogens is 1. The van der Waals surface area contributed by atoms with E-state index in [1.165, 1.54) is 37.4 Å². The van der Waals surface area contributed by atoms with E-state index in [2.05, 4.69) is 9.97 Å². The highest BCUT2D eigenvalue weighted by Gasteiger charge is 2.22. The molecule has 0 aliphatic carbocycles. The summed E-state index contributed by atoms with van der Waals surface area (Å²) in [6, 6.07) is 5.51. The van der Waals surface area contributed by atoms with E-state index >= 15 is 0 Å². The molecule has 35 heavy (non-hydrogen) atoms. The number of esters is 1. The van der Waals surface area contributed by atoms with Crippen LogP contribution in [0.4, 0.5) is 10.3 Å². The number of aromatic nitrogens is 2. The molecule has 1 aromatic heterocycles. The van der Waals surface area contributed by atoms with Gasteiger partial charge in [-0.15, -0.1) is 0 Å². The molecule has 0 aliphatic rings. The molecule has 0 fully saturated rings. The largest absolute Gasteiger partial charge is 0.466 e. The SMILES string of the molecule is CCOC(=O)CC(=O)C[C@H](O)/C=C/c1c(-c2ccc(F)cc2)nc(N(C)S(C)(=O)=O)nc1C(C)C. The first-order valence-corrected chi connectivity index (χ1v) is 12.8. The average Bonchev–Trinajstić information content (AvgIpc) is 2.76. The highest BCUT2D eigenvalue weighted by molar-refractivity contribution is 7.92. The summed E-state index contributed by atoms with van der Waals surface area (Å²) < 4.78 is 43.5. The van der Waals surface area contributed by atoms with Gasteiger partial charge in [0.15, 0.2) is 0 Å².